The van der Waals surface area contributed by atoms with Crippen molar-refractivity contribution >= 4 is 34.5 Å². The second-order valence-electron chi connectivity index (χ2n) is 9.44. The number of carbonyl (C=O) groups is 2. The summed E-state index contributed by atoms with van der Waals surface area (Å²) in [5, 5.41) is 0. The molecule has 47 heavy (non-hydrogen) atoms. The molecule has 0 unspecified atom stereocenters. The number of rotatable bonds is 11. The minimum atomic E-state index is -4.60. The van der Waals surface area contributed by atoms with Crippen LogP contribution in [0.4, 0.5) is 39.5 Å². The van der Waals surface area contributed by atoms with Crippen LogP contribution in [-0.2, 0) is 38.1 Å². The van der Waals surface area contributed by atoms with Crippen molar-refractivity contribution < 1.29 is 68.1 Å². The number of benzene rings is 3. The third-order valence-corrected chi connectivity index (χ3v) is 6.55. The van der Waals surface area contributed by atoms with Crippen molar-refractivity contribution in [2.45, 2.75) is 45.2 Å². The molecule has 258 valence electrons. The summed E-state index contributed by atoms with van der Waals surface area (Å²) in [5.41, 5.74) is 0.439. The molecule has 0 aliphatic carbocycles. The van der Waals surface area contributed by atoms with Crippen LogP contribution in [0.2, 0.25) is 0 Å². The molecule has 0 N–H and O–H groups in total. The molecular formula is C31H28F9IO6. The van der Waals surface area contributed by atoms with Crippen molar-refractivity contribution in [2.75, 3.05) is 26.4 Å². The van der Waals surface area contributed by atoms with E-state index in [-0.39, 0.29) is 48.7 Å². The lowest BCUT2D eigenvalue weighted by Crippen LogP contribution is -2.19. The lowest BCUT2D eigenvalue weighted by atomic mass is 10.00. The van der Waals surface area contributed by atoms with Gasteiger partial charge in [0.2, 0.25) is 0 Å². The van der Waals surface area contributed by atoms with Crippen LogP contribution in [0.5, 0.6) is 11.5 Å². The van der Waals surface area contributed by atoms with Gasteiger partial charge in [-0.1, -0.05) is 30.3 Å². The summed E-state index contributed by atoms with van der Waals surface area (Å²) in [7, 11) is 0. The zero-order chi connectivity index (χ0) is 35.4. The first-order chi connectivity index (χ1) is 21.8. The van der Waals surface area contributed by atoms with Crippen LogP contribution in [0.1, 0.15) is 30.5 Å². The molecule has 3 rings (SSSR count). The number of halogens is 10. The van der Waals surface area contributed by atoms with Crippen molar-refractivity contribution in [3.05, 3.63) is 80.9 Å². The van der Waals surface area contributed by atoms with Crippen LogP contribution in [0.15, 0.2) is 60.7 Å². The van der Waals surface area contributed by atoms with E-state index in [9.17, 15) is 49.1 Å². The van der Waals surface area contributed by atoms with Crippen molar-refractivity contribution in [2.24, 2.45) is 0 Å². The Hall–Kier alpha value is -3.70. The number of carbonyl (C=O) groups excluding carboxylic acids is 2. The first kappa shape index (κ1) is 39.5. The molecule has 16 heteroatoms. The van der Waals surface area contributed by atoms with E-state index in [4.69, 9.17) is 18.9 Å². The van der Waals surface area contributed by atoms with E-state index >= 15 is 0 Å². The van der Waals surface area contributed by atoms with Crippen LogP contribution in [0.25, 0.3) is 11.1 Å². The van der Waals surface area contributed by atoms with E-state index in [0.29, 0.717) is 14.7 Å². The van der Waals surface area contributed by atoms with Gasteiger partial charge >= 0.3 is 30.5 Å². The Morgan fingerprint density at radius 3 is 1.53 bits per heavy atom. The van der Waals surface area contributed by atoms with E-state index in [1.165, 1.54) is 24.3 Å². The number of ether oxygens (including phenoxy) is 4. The summed E-state index contributed by atoms with van der Waals surface area (Å²) < 4.78 is 132. The summed E-state index contributed by atoms with van der Waals surface area (Å²) >= 11 is 1.87. The van der Waals surface area contributed by atoms with Crippen LogP contribution >= 0.6 is 22.6 Å². The Bertz CT molecular complexity index is 1470. The fraction of sp³-hybridized carbons (Fsp3) is 0.355. The molecule has 0 amide bonds. The van der Waals surface area contributed by atoms with Crippen molar-refractivity contribution in [1.82, 2.24) is 0 Å². The largest absolute Gasteiger partial charge is 0.483 e. The molecule has 0 saturated heterocycles. The average molecular weight is 794 g/mol. The molecule has 3 aromatic carbocycles. The first-order valence-electron chi connectivity index (χ1n) is 13.6. The van der Waals surface area contributed by atoms with Gasteiger partial charge in [-0.3, -0.25) is 9.59 Å². The topological polar surface area (TPSA) is 71.1 Å². The van der Waals surface area contributed by atoms with Gasteiger partial charge in [-0.05, 0) is 83.5 Å². The third kappa shape index (κ3) is 14.7. The Balaban J connectivity index is 0.000000353. The lowest BCUT2D eigenvalue weighted by Gasteiger charge is -2.15. The van der Waals surface area contributed by atoms with Gasteiger partial charge in [-0.2, -0.15) is 39.5 Å². The molecule has 6 nitrogen and oxygen atoms in total. The number of hydrogen-bond acceptors (Lipinski definition) is 6. The second-order valence-corrected chi connectivity index (χ2v) is 10.6. The van der Waals surface area contributed by atoms with Gasteiger partial charge < -0.3 is 18.9 Å². The number of esters is 2. The van der Waals surface area contributed by atoms with Gasteiger partial charge in [0.1, 0.15) is 11.5 Å². The van der Waals surface area contributed by atoms with Crippen molar-refractivity contribution in [3.63, 3.8) is 0 Å². The van der Waals surface area contributed by atoms with Gasteiger partial charge in [-0.25, -0.2) is 0 Å². The minimum absolute atomic E-state index is 0.00708. The highest BCUT2D eigenvalue weighted by molar-refractivity contribution is 14.1. The second kappa shape index (κ2) is 17.5. The Labute approximate surface area is 277 Å². The fourth-order valence-electron chi connectivity index (χ4n) is 3.72. The molecule has 0 radical (unpaired) electrons. The normalized spacial score (nSPS) is 11.7. The quantitative estimate of drug-likeness (QED) is 0.110. The molecule has 0 atom stereocenters. The Kier molecular flexibility index (Phi) is 14.7. The standard InChI is InChI=1S/C19H16F6O3.C12H12F3IO3/c1-2-27-17(26)10-12-3-8-15(16(9-12)28-11-18(20,21)22)13-4-6-14(7-5-13)19(23,24)25;1-2-18-11(17)6-8-3-4-9(16)10(5-8)19-7-12(13,14)15/h3-9H,2,10-11H2,1H3;3-5H,2,6-7H2,1H3. The van der Waals surface area contributed by atoms with E-state index in [1.807, 2.05) is 22.6 Å². The molecule has 0 saturated carbocycles. The molecule has 0 heterocycles. The van der Waals surface area contributed by atoms with Gasteiger partial charge in [0, 0.05) is 5.56 Å². The van der Waals surface area contributed by atoms with Crippen LogP contribution < -0.4 is 9.47 Å². The first-order valence-corrected chi connectivity index (χ1v) is 14.7. The molecular weight excluding hydrogens is 766 g/mol. The van der Waals surface area contributed by atoms with Crippen molar-refractivity contribution in [1.29, 1.82) is 0 Å². The molecule has 3 aromatic rings. The maximum absolute atomic E-state index is 12.7. The van der Waals surface area contributed by atoms with Gasteiger partial charge in [0.05, 0.1) is 35.2 Å². The van der Waals surface area contributed by atoms with Gasteiger partial charge in [0.25, 0.3) is 0 Å². The molecule has 0 aliphatic rings. The summed E-state index contributed by atoms with van der Waals surface area (Å²) in [6.07, 6.45) is -13.7. The molecule has 0 bridgehead atoms. The lowest BCUT2D eigenvalue weighted by molar-refractivity contribution is -0.154. The molecule has 0 spiro atoms. The number of hydrogen-bond donors (Lipinski definition) is 0. The zero-order valence-electron chi connectivity index (χ0n) is 24.7. The summed E-state index contributed by atoms with van der Waals surface area (Å²) in [5.74, 6) is -1.07. The van der Waals surface area contributed by atoms with Crippen LogP contribution in [0, 0.1) is 3.57 Å². The van der Waals surface area contributed by atoms with Crippen molar-refractivity contribution in [3.8, 4) is 22.6 Å². The maximum Gasteiger partial charge on any atom is 0.422 e. The predicted octanol–water partition coefficient (Wildman–Crippen LogP) is 8.76. The Morgan fingerprint density at radius 1 is 0.638 bits per heavy atom. The Morgan fingerprint density at radius 2 is 1.09 bits per heavy atom. The number of alkyl halides is 9. The molecule has 0 aliphatic heterocycles. The van der Waals surface area contributed by atoms with Crippen LogP contribution in [0.3, 0.4) is 0 Å². The van der Waals surface area contributed by atoms with E-state index < -0.39 is 49.2 Å². The fourth-order valence-corrected chi connectivity index (χ4v) is 4.21. The van der Waals surface area contributed by atoms with E-state index in [2.05, 4.69) is 0 Å². The van der Waals surface area contributed by atoms with E-state index in [0.717, 1.165) is 24.3 Å². The minimum Gasteiger partial charge on any atom is -0.483 e. The third-order valence-electron chi connectivity index (χ3n) is 5.66. The highest BCUT2D eigenvalue weighted by Gasteiger charge is 2.31. The molecule has 0 fully saturated rings. The maximum atomic E-state index is 12.7. The zero-order valence-corrected chi connectivity index (χ0v) is 26.9. The van der Waals surface area contributed by atoms with E-state index in [1.54, 1.807) is 26.0 Å². The highest BCUT2D eigenvalue weighted by Crippen LogP contribution is 2.35. The monoisotopic (exact) mass is 794 g/mol. The summed E-state index contributed by atoms with van der Waals surface area (Å²) in [6, 6.07) is 12.7. The van der Waals surface area contributed by atoms with Crippen LogP contribution in [-0.4, -0.2) is 50.7 Å². The molecule has 0 aromatic heterocycles. The predicted molar refractivity (Wildman–Crippen MR) is 160 cm³/mol. The van der Waals surface area contributed by atoms with Gasteiger partial charge in [0.15, 0.2) is 13.2 Å². The van der Waals surface area contributed by atoms with Gasteiger partial charge in [-0.15, -0.1) is 0 Å². The SMILES string of the molecule is CCOC(=O)Cc1ccc(-c2ccc(C(F)(F)F)cc2)c(OCC(F)(F)F)c1.CCOC(=O)Cc1ccc(I)c(OCC(F)(F)F)c1. The summed E-state index contributed by atoms with van der Waals surface area (Å²) in [4.78, 5) is 22.9. The smallest absolute Gasteiger partial charge is 0.422 e. The highest BCUT2D eigenvalue weighted by atomic mass is 127. The summed E-state index contributed by atoms with van der Waals surface area (Å²) in [6.45, 7) is 0.781. The average Bonchev–Trinajstić information content (AvgIpc) is 2.96.